The number of aryl methyl sites for hydroxylation is 2. The van der Waals surface area contributed by atoms with Gasteiger partial charge in [-0.15, -0.1) is 0 Å². The zero-order valence-electron chi connectivity index (χ0n) is 17.0. The quantitative estimate of drug-likeness (QED) is 0.687. The van der Waals surface area contributed by atoms with Crippen molar-refractivity contribution in [2.75, 3.05) is 36.7 Å². The molecule has 1 N–H and O–H groups in total. The molecule has 1 aliphatic rings. The summed E-state index contributed by atoms with van der Waals surface area (Å²) in [7, 11) is -3.58. The number of likely N-dealkylation sites (tertiary alicyclic amines) is 1. The molecule has 1 aliphatic heterocycles. The Morgan fingerprint density at radius 1 is 1.19 bits per heavy atom. The summed E-state index contributed by atoms with van der Waals surface area (Å²) in [6.45, 7) is 9.35. The second-order valence-electron chi connectivity index (χ2n) is 7.55. The predicted molar refractivity (Wildman–Crippen MR) is 111 cm³/mol. The van der Waals surface area contributed by atoms with Gasteiger partial charge in [-0.2, -0.15) is 0 Å². The van der Waals surface area contributed by atoms with Gasteiger partial charge in [0, 0.05) is 6.54 Å². The van der Waals surface area contributed by atoms with Crippen LogP contribution in [0.5, 0.6) is 0 Å². The van der Waals surface area contributed by atoms with E-state index in [2.05, 4.69) is 10.2 Å². The van der Waals surface area contributed by atoms with Gasteiger partial charge in [0.05, 0.1) is 11.9 Å². The number of carbonyl (C=O) groups is 1. The summed E-state index contributed by atoms with van der Waals surface area (Å²) in [5, 5.41) is 2.90. The van der Waals surface area contributed by atoms with Crippen molar-refractivity contribution >= 4 is 21.6 Å². The van der Waals surface area contributed by atoms with Crippen molar-refractivity contribution in [3.63, 3.8) is 0 Å². The first kappa shape index (κ1) is 21.7. The van der Waals surface area contributed by atoms with Gasteiger partial charge < -0.3 is 10.2 Å². The molecule has 0 saturated carbocycles. The highest BCUT2D eigenvalue weighted by molar-refractivity contribution is 7.92. The first-order chi connectivity index (χ1) is 12.7. The largest absolute Gasteiger partial charge is 0.354 e. The summed E-state index contributed by atoms with van der Waals surface area (Å²) in [5.74, 6) is -0.266. The molecule has 1 saturated heterocycles. The second kappa shape index (κ2) is 9.55. The third-order valence-corrected chi connectivity index (χ3v) is 6.47. The number of nitrogens with one attached hydrogen (secondary N) is 1. The van der Waals surface area contributed by atoms with Crippen LogP contribution in [0.15, 0.2) is 18.2 Å². The standard InChI is InChI=1S/C20H33N3O3S/c1-16-9-10-19(15-17(16)2)23(27(4,25)26)18(3)20(24)21-11-8-14-22-12-6-5-7-13-22/h9-10,15,18H,5-8,11-14H2,1-4H3,(H,21,24). The first-order valence-electron chi connectivity index (χ1n) is 9.77. The highest BCUT2D eigenvalue weighted by Crippen LogP contribution is 2.23. The number of amides is 1. The summed E-state index contributed by atoms with van der Waals surface area (Å²) in [6.07, 6.45) is 5.83. The van der Waals surface area contributed by atoms with E-state index >= 15 is 0 Å². The molecule has 1 atom stereocenters. The summed E-state index contributed by atoms with van der Waals surface area (Å²) >= 11 is 0. The van der Waals surface area contributed by atoms with Crippen molar-refractivity contribution in [2.24, 2.45) is 0 Å². The van der Waals surface area contributed by atoms with Crippen LogP contribution in [-0.2, 0) is 14.8 Å². The lowest BCUT2D eigenvalue weighted by molar-refractivity contribution is -0.121. The fourth-order valence-electron chi connectivity index (χ4n) is 3.52. The van der Waals surface area contributed by atoms with E-state index in [0.29, 0.717) is 12.2 Å². The van der Waals surface area contributed by atoms with E-state index in [4.69, 9.17) is 0 Å². The molecule has 1 aromatic carbocycles. The van der Waals surface area contributed by atoms with Gasteiger partial charge in [-0.3, -0.25) is 9.10 Å². The lowest BCUT2D eigenvalue weighted by Crippen LogP contribution is -2.48. The van der Waals surface area contributed by atoms with Crippen LogP contribution < -0.4 is 9.62 Å². The van der Waals surface area contributed by atoms with E-state index in [0.717, 1.165) is 43.4 Å². The maximum absolute atomic E-state index is 12.6. The summed E-state index contributed by atoms with van der Waals surface area (Å²) < 4.78 is 25.9. The molecule has 0 aliphatic carbocycles. The van der Waals surface area contributed by atoms with Gasteiger partial charge in [-0.05, 0) is 82.9 Å². The third-order valence-electron chi connectivity index (χ3n) is 5.23. The Morgan fingerprint density at radius 2 is 1.85 bits per heavy atom. The van der Waals surface area contributed by atoms with Crippen molar-refractivity contribution in [1.29, 1.82) is 0 Å². The Morgan fingerprint density at radius 3 is 2.44 bits per heavy atom. The van der Waals surface area contributed by atoms with Gasteiger partial charge in [0.25, 0.3) is 0 Å². The fraction of sp³-hybridized carbons (Fsp3) is 0.650. The monoisotopic (exact) mass is 395 g/mol. The lowest BCUT2D eigenvalue weighted by atomic mass is 10.1. The number of rotatable bonds is 8. The van der Waals surface area contributed by atoms with Crippen LogP contribution in [0.1, 0.15) is 43.7 Å². The molecule has 152 valence electrons. The van der Waals surface area contributed by atoms with Crippen molar-refractivity contribution in [2.45, 2.75) is 52.5 Å². The molecule has 0 aromatic heterocycles. The summed E-state index contributed by atoms with van der Waals surface area (Å²) in [6, 6.07) is 4.66. The van der Waals surface area contributed by atoms with Crippen LogP contribution >= 0.6 is 0 Å². The maximum atomic E-state index is 12.6. The molecule has 6 nitrogen and oxygen atoms in total. The smallest absolute Gasteiger partial charge is 0.243 e. The molecule has 1 heterocycles. The number of benzene rings is 1. The first-order valence-corrected chi connectivity index (χ1v) is 11.6. The Hall–Kier alpha value is -1.60. The SMILES string of the molecule is Cc1ccc(N(C(C)C(=O)NCCCN2CCCCC2)S(C)(=O)=O)cc1C. The molecule has 1 fully saturated rings. The molecule has 1 aromatic rings. The van der Waals surface area contributed by atoms with Crippen LogP contribution in [0.3, 0.4) is 0 Å². The van der Waals surface area contributed by atoms with Crippen molar-refractivity contribution in [1.82, 2.24) is 10.2 Å². The predicted octanol–water partition coefficient (Wildman–Crippen LogP) is 2.45. The lowest BCUT2D eigenvalue weighted by Gasteiger charge is -2.29. The minimum Gasteiger partial charge on any atom is -0.354 e. The van der Waals surface area contributed by atoms with Crippen LogP contribution in [-0.4, -0.2) is 57.7 Å². The molecular formula is C20H33N3O3S. The number of piperidine rings is 1. The van der Waals surface area contributed by atoms with Gasteiger partial charge in [-0.1, -0.05) is 12.5 Å². The average Bonchev–Trinajstić information content (AvgIpc) is 2.61. The highest BCUT2D eigenvalue weighted by atomic mass is 32.2. The fourth-order valence-corrected chi connectivity index (χ4v) is 4.68. The third kappa shape index (κ3) is 6.21. The molecule has 1 unspecified atom stereocenters. The number of carbonyl (C=O) groups excluding carboxylic acids is 1. The van der Waals surface area contributed by atoms with E-state index in [1.807, 2.05) is 26.0 Å². The second-order valence-corrected chi connectivity index (χ2v) is 9.41. The highest BCUT2D eigenvalue weighted by Gasteiger charge is 2.29. The Labute approximate surface area is 164 Å². The van der Waals surface area contributed by atoms with Gasteiger partial charge in [0.1, 0.15) is 6.04 Å². The van der Waals surface area contributed by atoms with Crippen molar-refractivity contribution in [3.05, 3.63) is 29.3 Å². The number of nitrogens with zero attached hydrogens (tertiary/aromatic N) is 2. The van der Waals surface area contributed by atoms with Crippen LogP contribution in [0, 0.1) is 13.8 Å². The zero-order valence-corrected chi connectivity index (χ0v) is 17.8. The summed E-state index contributed by atoms with van der Waals surface area (Å²) in [5.41, 5.74) is 2.61. The molecule has 0 bridgehead atoms. The van der Waals surface area contributed by atoms with E-state index in [1.54, 1.807) is 13.0 Å². The van der Waals surface area contributed by atoms with Gasteiger partial charge in [0.2, 0.25) is 15.9 Å². The van der Waals surface area contributed by atoms with Crippen molar-refractivity contribution < 1.29 is 13.2 Å². The van der Waals surface area contributed by atoms with E-state index in [-0.39, 0.29) is 5.91 Å². The number of hydrogen-bond acceptors (Lipinski definition) is 4. The minimum atomic E-state index is -3.58. The van der Waals surface area contributed by atoms with Crippen molar-refractivity contribution in [3.8, 4) is 0 Å². The van der Waals surface area contributed by atoms with E-state index < -0.39 is 16.1 Å². The molecule has 0 radical (unpaired) electrons. The normalized spacial score (nSPS) is 16.7. The molecule has 0 spiro atoms. The summed E-state index contributed by atoms with van der Waals surface area (Å²) in [4.78, 5) is 15.0. The van der Waals surface area contributed by atoms with Gasteiger partial charge in [-0.25, -0.2) is 8.42 Å². The topological polar surface area (TPSA) is 69.7 Å². The van der Waals surface area contributed by atoms with Crippen LogP contribution in [0.2, 0.25) is 0 Å². The minimum absolute atomic E-state index is 0.266. The molecule has 7 heteroatoms. The zero-order chi connectivity index (χ0) is 20.0. The molecule has 2 rings (SSSR count). The Bertz CT molecular complexity index is 743. The van der Waals surface area contributed by atoms with Crippen LogP contribution in [0.4, 0.5) is 5.69 Å². The molecule has 1 amide bonds. The number of sulfonamides is 1. The van der Waals surface area contributed by atoms with Gasteiger partial charge >= 0.3 is 0 Å². The van der Waals surface area contributed by atoms with E-state index in [9.17, 15) is 13.2 Å². The van der Waals surface area contributed by atoms with E-state index in [1.165, 1.54) is 23.6 Å². The molecule has 27 heavy (non-hydrogen) atoms. The van der Waals surface area contributed by atoms with Crippen LogP contribution in [0.25, 0.3) is 0 Å². The number of hydrogen-bond donors (Lipinski definition) is 1. The maximum Gasteiger partial charge on any atom is 0.243 e. The Balaban J connectivity index is 1.96. The average molecular weight is 396 g/mol. The number of anilines is 1. The van der Waals surface area contributed by atoms with Gasteiger partial charge in [0.15, 0.2) is 0 Å². The molecular weight excluding hydrogens is 362 g/mol. The Kier molecular flexibility index (Phi) is 7.68.